The molecular formula is C26H22N6O2. The molecule has 0 atom stereocenters. The van der Waals surface area contributed by atoms with E-state index in [0.29, 0.717) is 28.3 Å². The van der Waals surface area contributed by atoms with Crippen molar-refractivity contribution in [2.75, 3.05) is 11.1 Å². The summed E-state index contributed by atoms with van der Waals surface area (Å²) in [7, 11) is 0. The van der Waals surface area contributed by atoms with Gasteiger partial charge in [-0.05, 0) is 55.5 Å². The summed E-state index contributed by atoms with van der Waals surface area (Å²) in [4.78, 5) is 21.2. The number of nitrogens with two attached hydrogens (primary N) is 1. The molecule has 1 amide bonds. The first-order valence-corrected chi connectivity index (χ1v) is 10.7. The smallest absolute Gasteiger partial charge is 0.246 e. The number of hydrogen-bond donors (Lipinski definition) is 2. The zero-order chi connectivity index (χ0) is 23.5. The molecule has 0 radical (unpaired) electrons. The Kier molecular flexibility index (Phi) is 5.61. The highest BCUT2D eigenvalue weighted by Crippen LogP contribution is 2.32. The monoisotopic (exact) mass is 450 g/mol. The van der Waals surface area contributed by atoms with E-state index in [-0.39, 0.29) is 12.5 Å². The van der Waals surface area contributed by atoms with Crippen LogP contribution in [-0.2, 0) is 11.3 Å². The minimum absolute atomic E-state index is 0.0178. The summed E-state index contributed by atoms with van der Waals surface area (Å²) in [6, 6.07) is 24.7. The van der Waals surface area contributed by atoms with Crippen LogP contribution in [0.3, 0.4) is 0 Å². The van der Waals surface area contributed by atoms with Crippen LogP contribution in [0.25, 0.3) is 22.3 Å². The van der Waals surface area contributed by atoms with Gasteiger partial charge in [0.15, 0.2) is 5.65 Å². The molecule has 0 saturated carbocycles. The lowest BCUT2D eigenvalue weighted by Gasteiger charge is -2.06. The number of carbonyl (C=O) groups is 1. The number of fused-ring (bicyclic) bond motifs is 1. The van der Waals surface area contributed by atoms with Crippen LogP contribution in [0, 0.1) is 6.92 Å². The molecule has 0 bridgehead atoms. The van der Waals surface area contributed by atoms with E-state index >= 15 is 0 Å². The van der Waals surface area contributed by atoms with Crippen molar-refractivity contribution in [1.29, 1.82) is 0 Å². The minimum Gasteiger partial charge on any atom is -0.457 e. The molecule has 3 aromatic carbocycles. The number of aryl methyl sites for hydroxylation is 1. The van der Waals surface area contributed by atoms with E-state index in [1.54, 1.807) is 4.68 Å². The highest BCUT2D eigenvalue weighted by atomic mass is 16.5. The normalized spacial score (nSPS) is 10.9. The fraction of sp³-hybridized carbons (Fsp3) is 0.0769. The maximum Gasteiger partial charge on any atom is 0.246 e. The standard InChI is InChI=1S/C26H22N6O2/c1-17-7-11-19(12-8-17)30-22(33)15-32-26-23(25(27)28-16-29-26)24(31-32)18-9-13-21(14-10-18)34-20-5-3-2-4-6-20/h2-14,16H,15H2,1H3,(H,30,33)(H2,27,28,29). The second-order valence-electron chi connectivity index (χ2n) is 7.82. The SMILES string of the molecule is Cc1ccc(NC(=O)Cn2nc(-c3ccc(Oc4ccccc4)cc3)c3c(N)ncnc32)cc1. The molecule has 8 heteroatoms. The first-order valence-electron chi connectivity index (χ1n) is 10.7. The van der Waals surface area contributed by atoms with E-state index in [4.69, 9.17) is 10.5 Å². The Morgan fingerprint density at radius 3 is 2.38 bits per heavy atom. The maximum absolute atomic E-state index is 12.7. The van der Waals surface area contributed by atoms with Gasteiger partial charge in [0, 0.05) is 11.3 Å². The van der Waals surface area contributed by atoms with E-state index in [0.717, 1.165) is 22.6 Å². The molecule has 168 valence electrons. The number of carbonyl (C=O) groups excluding carboxylic acids is 1. The summed E-state index contributed by atoms with van der Waals surface area (Å²) in [6.07, 6.45) is 1.37. The van der Waals surface area contributed by atoms with Gasteiger partial charge >= 0.3 is 0 Å². The van der Waals surface area contributed by atoms with Crippen LogP contribution in [0.4, 0.5) is 11.5 Å². The van der Waals surface area contributed by atoms with Gasteiger partial charge in [0.05, 0.1) is 5.39 Å². The Hall–Kier alpha value is -4.72. The lowest BCUT2D eigenvalue weighted by atomic mass is 10.1. The zero-order valence-electron chi connectivity index (χ0n) is 18.5. The fourth-order valence-electron chi connectivity index (χ4n) is 3.62. The molecular weight excluding hydrogens is 428 g/mol. The third-order valence-electron chi connectivity index (χ3n) is 5.29. The predicted molar refractivity (Wildman–Crippen MR) is 131 cm³/mol. The summed E-state index contributed by atoms with van der Waals surface area (Å²) in [5.41, 5.74) is 9.92. The largest absolute Gasteiger partial charge is 0.457 e. The van der Waals surface area contributed by atoms with Gasteiger partial charge in [-0.1, -0.05) is 35.9 Å². The van der Waals surface area contributed by atoms with E-state index in [1.165, 1.54) is 6.33 Å². The molecule has 34 heavy (non-hydrogen) atoms. The van der Waals surface area contributed by atoms with Gasteiger partial charge in [-0.2, -0.15) is 5.10 Å². The number of aromatic nitrogens is 4. The fourth-order valence-corrected chi connectivity index (χ4v) is 3.62. The molecule has 0 aliphatic heterocycles. The van der Waals surface area contributed by atoms with Gasteiger partial charge in [0.25, 0.3) is 0 Å². The number of hydrogen-bond acceptors (Lipinski definition) is 6. The van der Waals surface area contributed by atoms with Gasteiger partial charge in [-0.15, -0.1) is 0 Å². The minimum atomic E-state index is -0.219. The van der Waals surface area contributed by atoms with E-state index in [1.807, 2.05) is 85.8 Å². The molecule has 0 fully saturated rings. The summed E-state index contributed by atoms with van der Waals surface area (Å²) in [5, 5.41) is 8.15. The van der Waals surface area contributed by atoms with E-state index in [9.17, 15) is 4.79 Å². The van der Waals surface area contributed by atoms with Gasteiger partial charge in [0.1, 0.15) is 35.9 Å². The molecule has 2 aromatic heterocycles. The lowest BCUT2D eigenvalue weighted by Crippen LogP contribution is -2.19. The van der Waals surface area contributed by atoms with E-state index in [2.05, 4.69) is 20.4 Å². The van der Waals surface area contributed by atoms with Crippen LogP contribution >= 0.6 is 0 Å². The van der Waals surface area contributed by atoms with Crippen molar-refractivity contribution in [3.8, 4) is 22.8 Å². The Balaban J connectivity index is 1.43. The van der Waals surface area contributed by atoms with E-state index < -0.39 is 0 Å². The molecule has 2 heterocycles. The maximum atomic E-state index is 12.7. The molecule has 5 aromatic rings. The first-order chi connectivity index (χ1) is 16.6. The van der Waals surface area contributed by atoms with Crippen molar-refractivity contribution in [3.63, 3.8) is 0 Å². The average molecular weight is 451 g/mol. The Labute approximate surface area is 196 Å². The summed E-state index contributed by atoms with van der Waals surface area (Å²) in [6.45, 7) is 1.98. The summed E-state index contributed by atoms with van der Waals surface area (Å²) >= 11 is 0. The van der Waals surface area contributed by atoms with Crippen molar-refractivity contribution in [3.05, 3.63) is 90.8 Å². The van der Waals surface area contributed by atoms with Crippen molar-refractivity contribution in [2.24, 2.45) is 0 Å². The Bertz CT molecular complexity index is 1450. The third-order valence-corrected chi connectivity index (χ3v) is 5.29. The number of rotatable bonds is 6. The van der Waals surface area contributed by atoms with Crippen molar-refractivity contribution < 1.29 is 9.53 Å². The van der Waals surface area contributed by atoms with Crippen molar-refractivity contribution in [1.82, 2.24) is 19.7 Å². The molecule has 0 unspecified atom stereocenters. The number of nitrogen functional groups attached to an aromatic ring is 1. The molecule has 0 aliphatic rings. The summed E-state index contributed by atoms with van der Waals surface area (Å²) < 4.78 is 7.42. The zero-order valence-corrected chi connectivity index (χ0v) is 18.5. The second-order valence-corrected chi connectivity index (χ2v) is 7.82. The number of ether oxygens (including phenoxy) is 1. The summed E-state index contributed by atoms with van der Waals surface area (Å²) in [5.74, 6) is 1.53. The van der Waals surface area contributed by atoms with Gasteiger partial charge in [-0.25, -0.2) is 14.6 Å². The van der Waals surface area contributed by atoms with Crippen LogP contribution in [0.15, 0.2) is 85.2 Å². The lowest BCUT2D eigenvalue weighted by molar-refractivity contribution is -0.116. The molecule has 8 nitrogen and oxygen atoms in total. The second kappa shape index (κ2) is 9.03. The van der Waals surface area contributed by atoms with Crippen LogP contribution in [-0.4, -0.2) is 25.7 Å². The molecule has 0 aliphatic carbocycles. The third kappa shape index (κ3) is 4.42. The quantitative estimate of drug-likeness (QED) is 0.384. The van der Waals surface area contributed by atoms with Crippen LogP contribution in [0.5, 0.6) is 11.5 Å². The topological polar surface area (TPSA) is 108 Å². The Morgan fingerprint density at radius 2 is 1.65 bits per heavy atom. The molecule has 3 N–H and O–H groups in total. The highest BCUT2D eigenvalue weighted by Gasteiger charge is 2.18. The number of nitrogens with one attached hydrogen (secondary N) is 1. The van der Waals surface area contributed by atoms with Gasteiger partial charge in [0.2, 0.25) is 5.91 Å². The van der Waals surface area contributed by atoms with Gasteiger partial charge in [-0.3, -0.25) is 4.79 Å². The van der Waals surface area contributed by atoms with Crippen LogP contribution in [0.1, 0.15) is 5.56 Å². The number of nitrogens with zero attached hydrogens (tertiary/aromatic N) is 4. The predicted octanol–water partition coefficient (Wildman–Crippen LogP) is 4.81. The van der Waals surface area contributed by atoms with Crippen molar-refractivity contribution in [2.45, 2.75) is 13.5 Å². The number of para-hydroxylation sites is 1. The highest BCUT2D eigenvalue weighted by molar-refractivity contribution is 5.99. The molecule has 0 spiro atoms. The number of amides is 1. The van der Waals surface area contributed by atoms with Crippen molar-refractivity contribution >= 4 is 28.4 Å². The molecule has 0 saturated heterocycles. The molecule has 5 rings (SSSR count). The van der Waals surface area contributed by atoms with Gasteiger partial charge < -0.3 is 15.8 Å². The number of anilines is 2. The average Bonchev–Trinajstić information content (AvgIpc) is 3.21. The van der Waals surface area contributed by atoms with Crippen LogP contribution < -0.4 is 15.8 Å². The Morgan fingerprint density at radius 1 is 0.941 bits per heavy atom. The van der Waals surface area contributed by atoms with Crippen LogP contribution in [0.2, 0.25) is 0 Å². The first kappa shape index (κ1) is 21.1. The number of benzene rings is 3.